The van der Waals surface area contributed by atoms with Crippen LogP contribution < -0.4 is 10.6 Å². The third-order valence-corrected chi connectivity index (χ3v) is 5.57. The van der Waals surface area contributed by atoms with Gasteiger partial charge in [0.25, 0.3) is 0 Å². The molecule has 7 nitrogen and oxygen atoms in total. The van der Waals surface area contributed by atoms with Crippen molar-refractivity contribution >= 4 is 20.4 Å². The monoisotopic (exact) mass is 348 g/mol. The molecule has 0 bridgehead atoms. The van der Waals surface area contributed by atoms with Crippen LogP contribution in [-0.4, -0.2) is 40.2 Å². The van der Waals surface area contributed by atoms with Crippen LogP contribution in [0.4, 0.5) is 4.79 Å². The minimum Gasteiger partial charge on any atom is -0.446 e. The predicted molar refractivity (Wildman–Crippen MR) is 88.6 cm³/mol. The summed E-state index contributed by atoms with van der Waals surface area (Å²) in [4.78, 5) is 41.3. The molecule has 4 N–H and O–H groups in total. The van der Waals surface area contributed by atoms with E-state index in [0.29, 0.717) is 5.92 Å². The highest BCUT2D eigenvalue weighted by Crippen LogP contribution is 2.42. The van der Waals surface area contributed by atoms with Gasteiger partial charge >= 0.3 is 6.09 Å². The summed E-state index contributed by atoms with van der Waals surface area (Å²) in [5.74, 6) is -0.697. The van der Waals surface area contributed by atoms with E-state index in [9.17, 15) is 9.59 Å². The Kier molecular flexibility index (Phi) is 7.71. The first-order chi connectivity index (χ1) is 10.6. The maximum absolute atomic E-state index is 11.8. The molecule has 0 aromatic carbocycles. The maximum Gasteiger partial charge on any atom is 0.407 e. The van der Waals surface area contributed by atoms with Crippen molar-refractivity contribution in [3.05, 3.63) is 0 Å². The van der Waals surface area contributed by atoms with Gasteiger partial charge in [0.2, 0.25) is 5.91 Å². The summed E-state index contributed by atoms with van der Waals surface area (Å²) in [5.41, 5.74) is 0.176. The molecular formula is C15H29N2O5P. The second-order valence-electron chi connectivity index (χ2n) is 6.85. The number of carbonyl (C=O) groups is 2. The Bertz CT molecular complexity index is 419. The van der Waals surface area contributed by atoms with Gasteiger partial charge < -0.3 is 25.2 Å². The quantitative estimate of drug-likeness (QED) is 0.550. The smallest absolute Gasteiger partial charge is 0.407 e. The van der Waals surface area contributed by atoms with E-state index in [2.05, 4.69) is 31.4 Å². The topological polar surface area (TPSA) is 108 Å². The molecule has 0 aromatic rings. The highest BCUT2D eigenvalue weighted by atomic mass is 31.2. The number of ether oxygens (including phenoxy) is 1. The van der Waals surface area contributed by atoms with Crippen LogP contribution in [0.5, 0.6) is 0 Å². The summed E-state index contributed by atoms with van der Waals surface area (Å²) < 4.78 is 5.42. The Balaban J connectivity index is 2.35. The van der Waals surface area contributed by atoms with Gasteiger partial charge in [-0.05, 0) is 43.9 Å². The highest BCUT2D eigenvalue weighted by Gasteiger charge is 2.36. The zero-order valence-corrected chi connectivity index (χ0v) is 15.2. The van der Waals surface area contributed by atoms with E-state index in [-0.39, 0.29) is 18.1 Å². The first-order valence-electron chi connectivity index (χ1n) is 8.05. The van der Waals surface area contributed by atoms with Gasteiger partial charge in [-0.15, -0.1) is 0 Å². The molecule has 0 aliphatic heterocycles. The number of hydrogen-bond acceptors (Lipinski definition) is 5. The zero-order valence-electron chi connectivity index (χ0n) is 14.3. The second kappa shape index (κ2) is 8.81. The molecule has 1 rings (SSSR count). The van der Waals surface area contributed by atoms with Crippen molar-refractivity contribution in [2.24, 2.45) is 11.3 Å². The summed E-state index contributed by atoms with van der Waals surface area (Å²) in [7, 11) is -2.23. The molecule has 2 amide bonds. The molecule has 0 radical (unpaired) electrons. The number of hydrogen-bond donors (Lipinski definition) is 4. The van der Waals surface area contributed by atoms with E-state index < -0.39 is 26.2 Å². The van der Waals surface area contributed by atoms with Crippen LogP contribution >= 0.6 is 8.38 Å². The lowest BCUT2D eigenvalue weighted by Crippen LogP contribution is -2.42. The Hall–Kier alpha value is -0.910. The van der Waals surface area contributed by atoms with Gasteiger partial charge in [0, 0.05) is 0 Å². The van der Waals surface area contributed by atoms with E-state index in [4.69, 9.17) is 14.5 Å². The fourth-order valence-corrected chi connectivity index (χ4v) is 3.03. The summed E-state index contributed by atoms with van der Waals surface area (Å²) in [6.07, 6.45) is 3.11. The standard InChI is InChI=1S/C15H29N2O5P/c1-10(2)15(4)7-5-6-12(8-15)22-14(19)16-9-13(18)17-11(3)23(20)21/h10-12,20-21H,5-9H2,1-4H3,(H,16,19)(H,17,18). The lowest BCUT2D eigenvalue weighted by atomic mass is 9.67. The molecule has 134 valence electrons. The van der Waals surface area contributed by atoms with Gasteiger partial charge in [0.1, 0.15) is 12.6 Å². The number of amides is 2. The Labute approximate surface area is 139 Å². The molecule has 23 heavy (non-hydrogen) atoms. The molecule has 0 saturated heterocycles. The SMILES string of the molecule is CC(NC(=O)CNC(=O)OC1CCCC(C)(C(C)C)C1)P(O)O. The van der Waals surface area contributed by atoms with Gasteiger partial charge in [-0.25, -0.2) is 4.79 Å². The van der Waals surface area contributed by atoms with Crippen molar-refractivity contribution < 1.29 is 24.1 Å². The predicted octanol–water partition coefficient (Wildman–Crippen LogP) is 2.08. The molecule has 8 heteroatoms. The van der Waals surface area contributed by atoms with E-state index in [0.717, 1.165) is 25.7 Å². The van der Waals surface area contributed by atoms with Crippen molar-refractivity contribution in [3.8, 4) is 0 Å². The van der Waals surface area contributed by atoms with Gasteiger partial charge in [0.05, 0.1) is 5.78 Å². The average Bonchev–Trinajstić information content (AvgIpc) is 2.45. The molecule has 1 fully saturated rings. The molecule has 1 saturated carbocycles. The lowest BCUT2D eigenvalue weighted by molar-refractivity contribution is -0.120. The van der Waals surface area contributed by atoms with Crippen LogP contribution in [-0.2, 0) is 9.53 Å². The average molecular weight is 348 g/mol. The molecule has 1 aliphatic carbocycles. The van der Waals surface area contributed by atoms with Crippen molar-refractivity contribution in [1.82, 2.24) is 10.6 Å². The van der Waals surface area contributed by atoms with Crippen LogP contribution in [0.3, 0.4) is 0 Å². The third-order valence-electron chi connectivity index (χ3n) is 4.75. The number of nitrogens with one attached hydrogen (secondary N) is 2. The zero-order chi connectivity index (χ0) is 17.6. The minimum atomic E-state index is -2.23. The lowest BCUT2D eigenvalue weighted by Gasteiger charge is -2.40. The molecule has 3 unspecified atom stereocenters. The minimum absolute atomic E-state index is 0.124. The van der Waals surface area contributed by atoms with Crippen molar-refractivity contribution in [1.29, 1.82) is 0 Å². The fraction of sp³-hybridized carbons (Fsp3) is 0.867. The van der Waals surface area contributed by atoms with Gasteiger partial charge in [-0.3, -0.25) is 4.79 Å². The summed E-state index contributed by atoms with van der Waals surface area (Å²) >= 11 is 0. The third kappa shape index (κ3) is 6.61. The number of alkyl carbamates (subject to hydrolysis) is 1. The Morgan fingerprint density at radius 2 is 2.00 bits per heavy atom. The molecule has 0 spiro atoms. The summed E-state index contributed by atoms with van der Waals surface area (Å²) in [5, 5.41) is 4.79. The van der Waals surface area contributed by atoms with Crippen molar-refractivity contribution in [3.63, 3.8) is 0 Å². The Morgan fingerprint density at radius 3 is 2.57 bits per heavy atom. The number of rotatable bonds is 6. The summed E-state index contributed by atoms with van der Waals surface area (Å²) in [6, 6.07) is 0. The van der Waals surface area contributed by atoms with E-state index in [1.165, 1.54) is 6.92 Å². The van der Waals surface area contributed by atoms with Crippen LogP contribution in [0.15, 0.2) is 0 Å². The second-order valence-corrected chi connectivity index (χ2v) is 8.27. The van der Waals surface area contributed by atoms with E-state index >= 15 is 0 Å². The fourth-order valence-electron chi connectivity index (χ4n) is 2.77. The van der Waals surface area contributed by atoms with Crippen LogP contribution in [0.25, 0.3) is 0 Å². The normalized spacial score (nSPS) is 26.0. The van der Waals surface area contributed by atoms with Gasteiger partial charge in [-0.2, -0.15) is 0 Å². The number of carbonyl (C=O) groups excluding carboxylic acids is 2. The Morgan fingerprint density at radius 1 is 1.35 bits per heavy atom. The molecule has 0 aromatic heterocycles. The summed E-state index contributed by atoms with van der Waals surface area (Å²) in [6.45, 7) is 7.83. The first kappa shape index (κ1) is 20.1. The molecule has 3 atom stereocenters. The highest BCUT2D eigenvalue weighted by molar-refractivity contribution is 7.45. The maximum atomic E-state index is 11.8. The van der Waals surface area contributed by atoms with Gasteiger partial charge in [0.15, 0.2) is 8.38 Å². The molecular weight excluding hydrogens is 319 g/mol. The van der Waals surface area contributed by atoms with Crippen LogP contribution in [0.2, 0.25) is 0 Å². The van der Waals surface area contributed by atoms with E-state index in [1.807, 2.05) is 0 Å². The largest absolute Gasteiger partial charge is 0.446 e. The van der Waals surface area contributed by atoms with Crippen LogP contribution in [0, 0.1) is 11.3 Å². The molecule has 1 aliphatic rings. The van der Waals surface area contributed by atoms with Crippen molar-refractivity contribution in [2.45, 2.75) is 65.3 Å². The molecule has 0 heterocycles. The van der Waals surface area contributed by atoms with E-state index in [1.54, 1.807) is 0 Å². The van der Waals surface area contributed by atoms with Crippen molar-refractivity contribution in [2.75, 3.05) is 6.54 Å². The first-order valence-corrected chi connectivity index (χ1v) is 9.36. The van der Waals surface area contributed by atoms with Gasteiger partial charge in [-0.1, -0.05) is 20.8 Å². The van der Waals surface area contributed by atoms with Crippen LogP contribution in [0.1, 0.15) is 53.4 Å².